The molecule has 0 amide bonds. The Balaban J connectivity index is 2.41. The summed E-state index contributed by atoms with van der Waals surface area (Å²) in [5.41, 5.74) is 5.73. The number of aliphatic hydroxyl groups is 1. The average molecular weight is 187 g/mol. The van der Waals surface area contributed by atoms with Crippen LogP contribution in [0.4, 0.5) is 0 Å². The third kappa shape index (κ3) is 3.63. The van der Waals surface area contributed by atoms with Gasteiger partial charge in [0.25, 0.3) is 0 Å². The molecule has 78 valence electrons. The van der Waals surface area contributed by atoms with E-state index in [1.165, 1.54) is 12.8 Å². The van der Waals surface area contributed by atoms with Crippen LogP contribution in [-0.2, 0) is 4.74 Å². The van der Waals surface area contributed by atoms with Crippen LogP contribution in [0.15, 0.2) is 0 Å². The number of ether oxygens (including phenoxy) is 1. The van der Waals surface area contributed by atoms with Crippen molar-refractivity contribution in [2.45, 2.75) is 51.4 Å². The molecule has 0 radical (unpaired) electrons. The Morgan fingerprint density at radius 2 is 2.00 bits per heavy atom. The summed E-state index contributed by atoms with van der Waals surface area (Å²) in [4.78, 5) is 0. The maximum Gasteiger partial charge on any atom is 0.0965 e. The van der Waals surface area contributed by atoms with Gasteiger partial charge in [0.2, 0.25) is 0 Å². The highest BCUT2D eigenvalue weighted by atomic mass is 16.5. The van der Waals surface area contributed by atoms with Gasteiger partial charge in [-0.25, -0.2) is 0 Å². The minimum Gasteiger partial charge on any atom is -0.394 e. The van der Waals surface area contributed by atoms with E-state index in [1.807, 2.05) is 20.8 Å². The highest BCUT2D eigenvalue weighted by Gasteiger charge is 2.35. The van der Waals surface area contributed by atoms with Crippen LogP contribution in [-0.4, -0.2) is 29.5 Å². The second-order valence-corrected chi connectivity index (χ2v) is 4.87. The largest absolute Gasteiger partial charge is 0.394 e. The van der Waals surface area contributed by atoms with E-state index < -0.39 is 0 Å². The van der Waals surface area contributed by atoms with Crippen molar-refractivity contribution in [3.8, 4) is 0 Å². The monoisotopic (exact) mass is 187 g/mol. The van der Waals surface area contributed by atoms with E-state index in [-0.39, 0.29) is 24.4 Å². The van der Waals surface area contributed by atoms with E-state index in [0.29, 0.717) is 5.92 Å². The van der Waals surface area contributed by atoms with Gasteiger partial charge in [0.15, 0.2) is 0 Å². The maximum absolute atomic E-state index is 9.13. The maximum atomic E-state index is 9.13. The van der Waals surface area contributed by atoms with Crippen molar-refractivity contribution in [1.29, 1.82) is 0 Å². The fourth-order valence-corrected chi connectivity index (χ4v) is 1.48. The minimum absolute atomic E-state index is 0.00391. The molecule has 1 rings (SSSR count). The van der Waals surface area contributed by atoms with Crippen molar-refractivity contribution >= 4 is 0 Å². The van der Waals surface area contributed by atoms with Crippen LogP contribution in [0.2, 0.25) is 0 Å². The molecule has 0 aliphatic heterocycles. The number of nitrogens with two attached hydrogens (primary N) is 1. The van der Waals surface area contributed by atoms with Gasteiger partial charge in [-0.1, -0.05) is 0 Å². The van der Waals surface area contributed by atoms with Gasteiger partial charge in [-0.3, -0.25) is 0 Å². The zero-order valence-electron chi connectivity index (χ0n) is 8.79. The second-order valence-electron chi connectivity index (χ2n) is 4.87. The summed E-state index contributed by atoms with van der Waals surface area (Å²) in [6.45, 7) is 5.97. The molecule has 1 saturated carbocycles. The van der Waals surface area contributed by atoms with E-state index in [9.17, 15) is 0 Å². The number of hydrogen-bond acceptors (Lipinski definition) is 3. The lowest BCUT2D eigenvalue weighted by molar-refractivity contribution is -0.0923. The fourth-order valence-electron chi connectivity index (χ4n) is 1.48. The summed E-state index contributed by atoms with van der Waals surface area (Å²) < 4.78 is 5.68. The first kappa shape index (κ1) is 11.0. The Morgan fingerprint density at radius 3 is 2.31 bits per heavy atom. The van der Waals surface area contributed by atoms with Gasteiger partial charge in [0.05, 0.1) is 18.3 Å². The number of rotatable bonds is 4. The van der Waals surface area contributed by atoms with Gasteiger partial charge in [0, 0.05) is 6.04 Å². The third-order valence-electron chi connectivity index (χ3n) is 2.28. The molecule has 2 atom stereocenters. The molecule has 13 heavy (non-hydrogen) atoms. The van der Waals surface area contributed by atoms with Crippen molar-refractivity contribution in [3.63, 3.8) is 0 Å². The quantitative estimate of drug-likeness (QED) is 0.687. The van der Waals surface area contributed by atoms with E-state index in [1.54, 1.807) is 0 Å². The average Bonchev–Trinajstić information content (AvgIpc) is 2.79. The fraction of sp³-hybridized carbons (Fsp3) is 1.00. The molecule has 0 saturated heterocycles. The molecule has 3 nitrogen and oxygen atoms in total. The Bertz CT molecular complexity index is 161. The normalized spacial score (nSPS) is 22.8. The van der Waals surface area contributed by atoms with Gasteiger partial charge in [-0.05, 0) is 39.5 Å². The SMILES string of the molecule is CC(C)(C)OC(CO)C(N)C1CC1. The molecular weight excluding hydrogens is 166 g/mol. The Kier molecular flexibility index (Phi) is 3.33. The first-order valence-corrected chi connectivity index (χ1v) is 4.98. The molecule has 1 aliphatic rings. The van der Waals surface area contributed by atoms with Gasteiger partial charge in [-0.15, -0.1) is 0 Å². The second kappa shape index (κ2) is 3.95. The first-order valence-electron chi connectivity index (χ1n) is 4.98. The van der Waals surface area contributed by atoms with Crippen LogP contribution in [0, 0.1) is 5.92 Å². The molecule has 0 heterocycles. The molecule has 1 aliphatic carbocycles. The molecule has 3 heteroatoms. The molecule has 1 fully saturated rings. The molecule has 0 aromatic carbocycles. The van der Waals surface area contributed by atoms with Crippen LogP contribution < -0.4 is 5.73 Å². The van der Waals surface area contributed by atoms with Gasteiger partial charge in [-0.2, -0.15) is 0 Å². The number of aliphatic hydroxyl groups excluding tert-OH is 1. The molecule has 0 aromatic heterocycles. The molecular formula is C10H21NO2. The molecule has 0 aromatic rings. The van der Waals surface area contributed by atoms with Crippen LogP contribution >= 0.6 is 0 Å². The zero-order chi connectivity index (χ0) is 10.1. The van der Waals surface area contributed by atoms with Crippen molar-refractivity contribution < 1.29 is 9.84 Å². The van der Waals surface area contributed by atoms with E-state index in [4.69, 9.17) is 15.6 Å². The molecule has 0 spiro atoms. The highest BCUT2D eigenvalue weighted by Crippen LogP contribution is 2.34. The van der Waals surface area contributed by atoms with E-state index >= 15 is 0 Å². The van der Waals surface area contributed by atoms with Crippen molar-refractivity contribution in [1.82, 2.24) is 0 Å². The Morgan fingerprint density at radius 1 is 1.46 bits per heavy atom. The standard InChI is InChI=1S/C10H21NO2/c1-10(2,3)13-8(6-12)9(11)7-4-5-7/h7-9,12H,4-6,11H2,1-3H3. The van der Waals surface area contributed by atoms with Gasteiger partial charge < -0.3 is 15.6 Å². The van der Waals surface area contributed by atoms with Gasteiger partial charge in [0.1, 0.15) is 0 Å². The molecule has 0 bridgehead atoms. The minimum atomic E-state index is -0.222. The van der Waals surface area contributed by atoms with Gasteiger partial charge >= 0.3 is 0 Å². The summed E-state index contributed by atoms with van der Waals surface area (Å²) in [5, 5.41) is 9.13. The Hall–Kier alpha value is -0.120. The predicted octanol–water partition coefficient (Wildman–Crippen LogP) is 0.900. The van der Waals surface area contributed by atoms with Crippen molar-refractivity contribution in [2.24, 2.45) is 11.7 Å². The van der Waals surface area contributed by atoms with E-state index in [0.717, 1.165) is 0 Å². The first-order chi connectivity index (χ1) is 5.94. The lowest BCUT2D eigenvalue weighted by Crippen LogP contribution is -2.44. The highest BCUT2D eigenvalue weighted by molar-refractivity contribution is 4.90. The topological polar surface area (TPSA) is 55.5 Å². The lowest BCUT2D eigenvalue weighted by atomic mass is 10.1. The smallest absolute Gasteiger partial charge is 0.0965 e. The summed E-state index contributed by atoms with van der Waals surface area (Å²) in [6, 6.07) is 0.00391. The van der Waals surface area contributed by atoms with Crippen molar-refractivity contribution in [2.75, 3.05) is 6.61 Å². The molecule has 2 unspecified atom stereocenters. The summed E-state index contributed by atoms with van der Waals surface area (Å²) in [7, 11) is 0. The summed E-state index contributed by atoms with van der Waals surface area (Å²) in [5.74, 6) is 0.569. The predicted molar refractivity (Wildman–Crippen MR) is 52.4 cm³/mol. The lowest BCUT2D eigenvalue weighted by Gasteiger charge is -2.30. The Labute approximate surface area is 80.3 Å². The van der Waals surface area contributed by atoms with Crippen LogP contribution in [0.3, 0.4) is 0 Å². The van der Waals surface area contributed by atoms with Crippen LogP contribution in [0.1, 0.15) is 33.6 Å². The molecule has 3 N–H and O–H groups in total. The van der Waals surface area contributed by atoms with Crippen LogP contribution in [0.5, 0.6) is 0 Å². The number of hydrogen-bond donors (Lipinski definition) is 2. The third-order valence-corrected chi connectivity index (χ3v) is 2.28. The summed E-state index contributed by atoms with van der Waals surface area (Å²) in [6.07, 6.45) is 2.17. The summed E-state index contributed by atoms with van der Waals surface area (Å²) >= 11 is 0. The zero-order valence-corrected chi connectivity index (χ0v) is 8.79. The van der Waals surface area contributed by atoms with Crippen molar-refractivity contribution in [3.05, 3.63) is 0 Å². The van der Waals surface area contributed by atoms with E-state index in [2.05, 4.69) is 0 Å². The van der Waals surface area contributed by atoms with Crippen LogP contribution in [0.25, 0.3) is 0 Å².